The molecule has 1 unspecified atom stereocenters. The standard InChI is InChI=1S/C30H28N6O4S2/c1-39-19-12-14-22(25(15-19)40-2)33-26(38)17-41-30-35-34-29(42-30)36-23-9-6-10-24(37)27(23)20(21(16-31)28(36)32)13-11-18-7-4-3-5-8-18/h3-5,7-8,11-15,20H,6,9-10,17,32H2,1-2H3,(H,33,38)/b13-11+. The number of nitrogens with one attached hydrogen (secondary N) is 1. The molecule has 0 saturated carbocycles. The van der Waals surface area contributed by atoms with Crippen LogP contribution in [-0.2, 0) is 9.59 Å². The van der Waals surface area contributed by atoms with Gasteiger partial charge in [0.05, 0.1) is 37.3 Å². The number of rotatable bonds is 9. The van der Waals surface area contributed by atoms with Crippen LogP contribution in [0.1, 0.15) is 24.8 Å². The Labute approximate surface area is 251 Å². The maximum atomic E-state index is 13.2. The second-order valence-electron chi connectivity index (χ2n) is 9.38. The van der Waals surface area contributed by atoms with Crippen LogP contribution < -0.4 is 25.4 Å². The Morgan fingerprint density at radius 2 is 2.02 bits per heavy atom. The fraction of sp³-hybridized carbons (Fsp3) is 0.233. The van der Waals surface area contributed by atoms with Gasteiger partial charge in [-0.25, -0.2) is 0 Å². The van der Waals surface area contributed by atoms with Crippen molar-refractivity contribution in [3.05, 3.63) is 82.8 Å². The lowest BCUT2D eigenvalue weighted by molar-refractivity contribution is -0.116. The number of Topliss-reactive ketones (excluding diaryl/α,β-unsaturated/α-hetero) is 1. The van der Waals surface area contributed by atoms with Gasteiger partial charge < -0.3 is 20.5 Å². The molecule has 0 radical (unpaired) electrons. The van der Waals surface area contributed by atoms with Crippen LogP contribution in [0.3, 0.4) is 0 Å². The fourth-order valence-corrected chi connectivity index (χ4v) is 6.56. The van der Waals surface area contributed by atoms with E-state index in [1.807, 2.05) is 42.5 Å². The second-order valence-corrected chi connectivity index (χ2v) is 11.6. The lowest BCUT2D eigenvalue weighted by Crippen LogP contribution is -2.39. The third kappa shape index (κ3) is 6.02. The van der Waals surface area contributed by atoms with Crippen molar-refractivity contribution < 1.29 is 19.1 Å². The van der Waals surface area contributed by atoms with E-state index < -0.39 is 5.92 Å². The molecule has 2 aliphatic rings. The lowest BCUT2D eigenvalue weighted by Gasteiger charge is -2.37. The topological polar surface area (TPSA) is 143 Å². The monoisotopic (exact) mass is 600 g/mol. The van der Waals surface area contributed by atoms with Crippen molar-refractivity contribution in [1.29, 1.82) is 5.26 Å². The summed E-state index contributed by atoms with van der Waals surface area (Å²) < 4.78 is 11.1. The van der Waals surface area contributed by atoms with Crippen LogP contribution in [-0.4, -0.2) is 41.9 Å². The minimum atomic E-state index is -0.547. The fourth-order valence-electron chi connectivity index (χ4n) is 4.88. The van der Waals surface area contributed by atoms with Crippen molar-refractivity contribution >= 4 is 51.7 Å². The number of hydrogen-bond donors (Lipinski definition) is 2. The van der Waals surface area contributed by atoms with Gasteiger partial charge in [-0.1, -0.05) is 65.6 Å². The maximum Gasteiger partial charge on any atom is 0.234 e. The quantitative estimate of drug-likeness (QED) is 0.317. The number of anilines is 2. The van der Waals surface area contributed by atoms with Crippen molar-refractivity contribution in [3.63, 3.8) is 0 Å². The molecule has 0 saturated heterocycles. The first kappa shape index (κ1) is 28.9. The van der Waals surface area contributed by atoms with Crippen LogP contribution >= 0.6 is 23.1 Å². The maximum absolute atomic E-state index is 13.2. The normalized spacial score (nSPS) is 16.8. The number of carbonyl (C=O) groups excluding carboxylic acids is 2. The third-order valence-corrected chi connectivity index (χ3v) is 8.88. The molecule has 3 N–H and O–H groups in total. The van der Waals surface area contributed by atoms with Gasteiger partial charge in [-0.15, -0.1) is 10.2 Å². The molecular weight excluding hydrogens is 573 g/mol. The number of methoxy groups -OCH3 is 2. The summed E-state index contributed by atoms with van der Waals surface area (Å²) in [5.41, 5.74) is 9.67. The highest BCUT2D eigenvalue weighted by atomic mass is 32.2. The number of allylic oxidation sites excluding steroid dienone is 4. The molecule has 5 rings (SSSR count). The number of carbonyl (C=O) groups is 2. The molecule has 1 aromatic heterocycles. The zero-order valence-corrected chi connectivity index (χ0v) is 24.6. The largest absolute Gasteiger partial charge is 0.497 e. The van der Waals surface area contributed by atoms with Crippen molar-refractivity contribution in [2.45, 2.75) is 23.6 Å². The summed E-state index contributed by atoms with van der Waals surface area (Å²) in [6, 6.07) is 17.1. The number of nitriles is 1. The van der Waals surface area contributed by atoms with E-state index in [-0.39, 0.29) is 28.8 Å². The van der Waals surface area contributed by atoms with Crippen LogP contribution in [0, 0.1) is 17.2 Å². The van der Waals surface area contributed by atoms with Gasteiger partial charge in [0.2, 0.25) is 11.0 Å². The van der Waals surface area contributed by atoms with E-state index in [9.17, 15) is 14.9 Å². The minimum absolute atomic E-state index is 0.00560. The van der Waals surface area contributed by atoms with Gasteiger partial charge in [0, 0.05) is 29.7 Å². The number of hydrogen-bond acceptors (Lipinski definition) is 11. The molecule has 0 bridgehead atoms. The summed E-state index contributed by atoms with van der Waals surface area (Å²) in [7, 11) is 3.07. The Morgan fingerprint density at radius 1 is 1.21 bits per heavy atom. The van der Waals surface area contributed by atoms with Crippen LogP contribution in [0.2, 0.25) is 0 Å². The molecule has 10 nitrogen and oxygen atoms in total. The second kappa shape index (κ2) is 12.9. The van der Waals surface area contributed by atoms with E-state index in [1.165, 1.54) is 30.2 Å². The van der Waals surface area contributed by atoms with Gasteiger partial charge in [-0.05, 0) is 30.5 Å². The number of aromatic nitrogens is 2. The van der Waals surface area contributed by atoms with Crippen LogP contribution in [0.5, 0.6) is 11.5 Å². The highest BCUT2D eigenvalue weighted by Crippen LogP contribution is 2.44. The molecule has 42 heavy (non-hydrogen) atoms. The van der Waals surface area contributed by atoms with Crippen molar-refractivity contribution in [2.24, 2.45) is 11.7 Å². The van der Waals surface area contributed by atoms with Crippen LogP contribution in [0.4, 0.5) is 10.8 Å². The number of benzene rings is 2. The smallest absolute Gasteiger partial charge is 0.234 e. The number of ether oxygens (including phenoxy) is 2. The Morgan fingerprint density at radius 3 is 2.76 bits per heavy atom. The summed E-state index contributed by atoms with van der Waals surface area (Å²) in [6.45, 7) is 0. The molecule has 1 amide bonds. The predicted molar refractivity (Wildman–Crippen MR) is 163 cm³/mol. The van der Waals surface area contributed by atoms with E-state index in [2.05, 4.69) is 21.6 Å². The van der Waals surface area contributed by atoms with Crippen molar-refractivity contribution in [1.82, 2.24) is 10.2 Å². The number of thioether (sulfide) groups is 1. The Bertz CT molecular complexity index is 1640. The van der Waals surface area contributed by atoms with E-state index >= 15 is 0 Å². The average Bonchev–Trinajstić information content (AvgIpc) is 3.48. The molecule has 2 heterocycles. The third-order valence-electron chi connectivity index (χ3n) is 6.84. The molecule has 1 aliphatic heterocycles. The summed E-state index contributed by atoms with van der Waals surface area (Å²) in [6.07, 6.45) is 5.47. The molecular formula is C30H28N6O4S2. The van der Waals surface area contributed by atoms with E-state index in [4.69, 9.17) is 15.2 Å². The summed E-state index contributed by atoms with van der Waals surface area (Å²) in [4.78, 5) is 27.6. The zero-order valence-electron chi connectivity index (χ0n) is 23.0. The molecule has 2 aromatic carbocycles. The summed E-state index contributed by atoms with van der Waals surface area (Å²) in [5, 5.41) is 22.0. The highest BCUT2D eigenvalue weighted by molar-refractivity contribution is 8.01. The Balaban J connectivity index is 1.36. The van der Waals surface area contributed by atoms with Gasteiger partial charge in [0.15, 0.2) is 10.1 Å². The number of nitrogens with zero attached hydrogens (tertiary/aromatic N) is 4. The van der Waals surface area contributed by atoms with Gasteiger partial charge in [-0.3, -0.25) is 14.5 Å². The van der Waals surface area contributed by atoms with Gasteiger partial charge in [0.1, 0.15) is 17.3 Å². The molecule has 3 aromatic rings. The highest BCUT2D eigenvalue weighted by Gasteiger charge is 2.39. The van der Waals surface area contributed by atoms with Crippen molar-refractivity contribution in [2.75, 3.05) is 30.2 Å². The average molecular weight is 601 g/mol. The van der Waals surface area contributed by atoms with Gasteiger partial charge >= 0.3 is 0 Å². The van der Waals surface area contributed by atoms with E-state index in [0.29, 0.717) is 51.5 Å². The Hall–Kier alpha value is -4.60. The van der Waals surface area contributed by atoms with Crippen molar-refractivity contribution in [3.8, 4) is 17.6 Å². The number of amides is 1. The molecule has 1 aliphatic carbocycles. The minimum Gasteiger partial charge on any atom is -0.497 e. The molecule has 0 fully saturated rings. The first-order chi connectivity index (χ1) is 20.4. The Kier molecular flexibility index (Phi) is 8.90. The molecule has 12 heteroatoms. The first-order valence-corrected chi connectivity index (χ1v) is 14.9. The van der Waals surface area contributed by atoms with E-state index in [1.54, 1.807) is 30.2 Å². The SMILES string of the molecule is COc1ccc(NC(=O)CSc2nnc(N3C(N)=C(C#N)C(/C=C/c4ccccc4)C4=C3CCCC4=O)s2)c(OC)c1. The van der Waals surface area contributed by atoms with Crippen LogP contribution in [0.15, 0.2) is 81.6 Å². The zero-order chi connectivity index (χ0) is 29.6. The molecule has 0 spiro atoms. The number of nitrogens with two attached hydrogens (primary N) is 1. The number of ketones is 1. The predicted octanol–water partition coefficient (Wildman–Crippen LogP) is 5.14. The first-order valence-electron chi connectivity index (χ1n) is 13.1. The van der Waals surface area contributed by atoms with E-state index in [0.717, 1.165) is 11.3 Å². The summed E-state index contributed by atoms with van der Waals surface area (Å²) in [5.74, 6) is 0.601. The molecule has 1 atom stereocenters. The van der Waals surface area contributed by atoms with Crippen LogP contribution in [0.25, 0.3) is 6.08 Å². The van der Waals surface area contributed by atoms with Gasteiger partial charge in [-0.2, -0.15) is 5.26 Å². The molecule has 214 valence electrons. The van der Waals surface area contributed by atoms with Gasteiger partial charge in [0.25, 0.3) is 0 Å². The lowest BCUT2D eigenvalue weighted by atomic mass is 9.79. The summed E-state index contributed by atoms with van der Waals surface area (Å²) >= 11 is 2.47.